The van der Waals surface area contributed by atoms with Gasteiger partial charge in [-0.05, 0) is 20.8 Å². The maximum Gasteiger partial charge on any atom is 0.324 e. The van der Waals surface area contributed by atoms with Crippen LogP contribution in [0, 0.1) is 0 Å². The molecule has 0 saturated carbocycles. The van der Waals surface area contributed by atoms with Gasteiger partial charge in [0.25, 0.3) is 0 Å². The Labute approximate surface area is 112 Å². The lowest BCUT2D eigenvalue weighted by molar-refractivity contribution is -0.139. The lowest BCUT2D eigenvalue weighted by atomic mass is 10.2. The van der Waals surface area contributed by atoms with Gasteiger partial charge in [0.2, 0.25) is 5.91 Å². The molecule has 1 heterocycles. The van der Waals surface area contributed by atoms with Gasteiger partial charge in [-0.15, -0.1) is 0 Å². The third-order valence-electron chi connectivity index (χ3n) is 3.36. The molecule has 1 fully saturated rings. The number of hydrogen-bond acceptors (Lipinski definition) is 5. The molecule has 0 aromatic heterocycles. The Bertz CT molecular complexity index is 464. The van der Waals surface area contributed by atoms with Gasteiger partial charge in [-0.3, -0.25) is 9.59 Å². The summed E-state index contributed by atoms with van der Waals surface area (Å²) in [6, 6.07) is 0. The predicted molar refractivity (Wildman–Crippen MR) is 67.5 cm³/mol. The second kappa shape index (κ2) is 5.46. The molecule has 0 spiro atoms. The van der Waals surface area contributed by atoms with E-state index >= 15 is 0 Å². The zero-order chi connectivity index (χ0) is 14.8. The Morgan fingerprint density at radius 2 is 1.74 bits per heavy atom. The van der Waals surface area contributed by atoms with E-state index in [2.05, 4.69) is 0 Å². The van der Waals surface area contributed by atoms with Crippen molar-refractivity contribution in [2.45, 2.75) is 30.8 Å². The Balaban J connectivity index is 2.95. The fourth-order valence-corrected chi connectivity index (χ4v) is 3.28. The number of carboxylic acid groups (broad SMARTS) is 1. The summed E-state index contributed by atoms with van der Waals surface area (Å²) in [6.07, 6.45) is 0. The van der Waals surface area contributed by atoms with E-state index in [1.54, 1.807) is 0 Å². The van der Waals surface area contributed by atoms with Crippen LogP contribution in [-0.2, 0) is 24.2 Å². The number of carboxylic acids is 1. The quantitative estimate of drug-likeness (QED) is 0.750. The van der Waals surface area contributed by atoms with E-state index in [1.807, 2.05) is 0 Å². The maximum absolute atomic E-state index is 12.2. The van der Waals surface area contributed by atoms with Gasteiger partial charge in [0.05, 0.1) is 13.2 Å². The minimum atomic E-state index is -4.12. The predicted octanol–water partition coefficient (Wildman–Crippen LogP) is -0.488. The van der Waals surface area contributed by atoms with Crippen LogP contribution in [0.4, 0.5) is 0 Å². The molecule has 110 valence electrons. The van der Waals surface area contributed by atoms with Crippen molar-refractivity contribution in [3.8, 4) is 0 Å². The van der Waals surface area contributed by atoms with Crippen molar-refractivity contribution >= 4 is 21.7 Å². The minimum absolute atomic E-state index is 0.326. The zero-order valence-electron chi connectivity index (χ0n) is 11.2. The van der Waals surface area contributed by atoms with E-state index in [0.29, 0.717) is 26.3 Å². The van der Waals surface area contributed by atoms with Gasteiger partial charge in [0.1, 0.15) is 5.25 Å². The molecule has 19 heavy (non-hydrogen) atoms. The van der Waals surface area contributed by atoms with Crippen LogP contribution in [-0.4, -0.2) is 66.6 Å². The first kappa shape index (κ1) is 15.9. The van der Waals surface area contributed by atoms with Gasteiger partial charge >= 0.3 is 5.97 Å². The zero-order valence-corrected chi connectivity index (χ0v) is 12.1. The average molecular weight is 293 g/mol. The summed E-state index contributed by atoms with van der Waals surface area (Å²) in [5.74, 6) is -2.04. The number of sulfone groups is 1. The lowest BCUT2D eigenvalue weighted by Crippen LogP contribution is -2.53. The molecule has 0 aliphatic carbocycles. The molecule has 1 unspecified atom stereocenters. The summed E-state index contributed by atoms with van der Waals surface area (Å²) in [5.41, 5.74) is 0. The highest BCUT2D eigenvalue weighted by atomic mass is 32.2. The van der Waals surface area contributed by atoms with E-state index in [1.165, 1.54) is 11.8 Å². The van der Waals surface area contributed by atoms with Crippen molar-refractivity contribution < 1.29 is 27.9 Å². The molecular formula is C11H19NO6S. The Hall–Kier alpha value is -1.15. The molecule has 1 saturated heterocycles. The summed E-state index contributed by atoms with van der Waals surface area (Å²) in [4.78, 5) is 24.6. The van der Waals surface area contributed by atoms with Crippen molar-refractivity contribution in [3.05, 3.63) is 0 Å². The van der Waals surface area contributed by atoms with E-state index in [4.69, 9.17) is 9.84 Å². The lowest BCUT2D eigenvalue weighted by Gasteiger charge is -2.31. The van der Waals surface area contributed by atoms with Crippen molar-refractivity contribution in [3.63, 3.8) is 0 Å². The Kier molecular flexibility index (Phi) is 4.57. The highest BCUT2D eigenvalue weighted by molar-refractivity contribution is 7.94. The van der Waals surface area contributed by atoms with Crippen LogP contribution in [0.1, 0.15) is 20.8 Å². The first-order valence-corrected chi connectivity index (χ1v) is 7.50. The number of nitrogens with zero attached hydrogens (tertiary/aromatic N) is 1. The van der Waals surface area contributed by atoms with Gasteiger partial charge in [0, 0.05) is 13.1 Å². The molecule has 0 radical (unpaired) electrons. The van der Waals surface area contributed by atoms with Crippen LogP contribution < -0.4 is 0 Å². The number of morpholine rings is 1. The summed E-state index contributed by atoms with van der Waals surface area (Å²) in [7, 11) is -4.12. The molecule has 0 bridgehead atoms. The monoisotopic (exact) mass is 293 g/mol. The molecule has 1 rings (SSSR count). The minimum Gasteiger partial charge on any atom is -0.480 e. The second-order valence-corrected chi connectivity index (χ2v) is 7.76. The highest BCUT2D eigenvalue weighted by Crippen LogP contribution is 2.23. The summed E-state index contributed by atoms with van der Waals surface area (Å²) in [6.45, 7) is 4.79. The van der Waals surface area contributed by atoms with Crippen molar-refractivity contribution in [1.82, 2.24) is 4.90 Å². The van der Waals surface area contributed by atoms with E-state index in [0.717, 1.165) is 13.8 Å². The molecule has 0 aromatic carbocycles. The molecule has 0 aromatic rings. The number of aliphatic carboxylic acids is 1. The largest absolute Gasteiger partial charge is 0.480 e. The number of ether oxygens (including phenoxy) is 1. The van der Waals surface area contributed by atoms with Crippen LogP contribution in [0.25, 0.3) is 0 Å². The van der Waals surface area contributed by atoms with Crippen molar-refractivity contribution in [2.75, 3.05) is 26.3 Å². The fourth-order valence-electron chi connectivity index (χ4n) is 1.74. The number of amides is 1. The SMILES string of the molecule is CC(C(=O)N1CCOCC1)S(=O)(=O)C(C)(C)C(=O)O. The van der Waals surface area contributed by atoms with E-state index < -0.39 is 31.7 Å². The first-order chi connectivity index (χ1) is 8.62. The van der Waals surface area contributed by atoms with Crippen molar-refractivity contribution in [1.29, 1.82) is 0 Å². The normalized spacial score (nSPS) is 19.0. The van der Waals surface area contributed by atoms with Crippen LogP contribution >= 0.6 is 0 Å². The van der Waals surface area contributed by atoms with Gasteiger partial charge in [0.15, 0.2) is 14.6 Å². The molecule has 1 atom stereocenters. The Morgan fingerprint density at radius 3 is 2.16 bits per heavy atom. The molecule has 1 aliphatic rings. The van der Waals surface area contributed by atoms with E-state index in [-0.39, 0.29) is 0 Å². The van der Waals surface area contributed by atoms with Gasteiger partial charge in [-0.25, -0.2) is 8.42 Å². The van der Waals surface area contributed by atoms with Crippen LogP contribution in [0.2, 0.25) is 0 Å². The van der Waals surface area contributed by atoms with Crippen LogP contribution in [0.5, 0.6) is 0 Å². The third kappa shape index (κ3) is 2.89. The molecule has 1 amide bonds. The van der Waals surface area contributed by atoms with Crippen molar-refractivity contribution in [2.24, 2.45) is 0 Å². The van der Waals surface area contributed by atoms with Crippen LogP contribution in [0.15, 0.2) is 0 Å². The third-order valence-corrected chi connectivity index (χ3v) is 6.09. The molecule has 1 aliphatic heterocycles. The average Bonchev–Trinajstić information content (AvgIpc) is 2.37. The molecular weight excluding hydrogens is 274 g/mol. The fraction of sp³-hybridized carbons (Fsp3) is 0.818. The van der Waals surface area contributed by atoms with Crippen LogP contribution in [0.3, 0.4) is 0 Å². The number of carbonyl (C=O) groups excluding carboxylic acids is 1. The molecule has 8 heteroatoms. The van der Waals surface area contributed by atoms with E-state index in [9.17, 15) is 18.0 Å². The number of carbonyl (C=O) groups is 2. The Morgan fingerprint density at radius 1 is 1.26 bits per heavy atom. The maximum atomic E-state index is 12.2. The topological polar surface area (TPSA) is 101 Å². The highest BCUT2D eigenvalue weighted by Gasteiger charge is 2.48. The smallest absolute Gasteiger partial charge is 0.324 e. The standard InChI is InChI=1S/C11H19NO6S/c1-8(9(13)12-4-6-18-7-5-12)19(16,17)11(2,3)10(14)15/h8H,4-7H2,1-3H3,(H,14,15). The summed E-state index contributed by atoms with van der Waals surface area (Å²) >= 11 is 0. The summed E-state index contributed by atoms with van der Waals surface area (Å²) < 4.78 is 27.5. The number of rotatable bonds is 4. The number of hydrogen-bond donors (Lipinski definition) is 1. The molecule has 1 N–H and O–H groups in total. The molecule has 7 nitrogen and oxygen atoms in total. The van der Waals surface area contributed by atoms with Gasteiger partial charge < -0.3 is 14.7 Å². The van der Waals surface area contributed by atoms with Gasteiger partial charge in [-0.2, -0.15) is 0 Å². The second-order valence-electron chi connectivity index (χ2n) is 4.94. The first-order valence-electron chi connectivity index (χ1n) is 5.95. The van der Waals surface area contributed by atoms with Gasteiger partial charge in [-0.1, -0.05) is 0 Å². The summed E-state index contributed by atoms with van der Waals surface area (Å²) in [5, 5.41) is 7.62.